The third-order valence-corrected chi connectivity index (χ3v) is 2.16. The molecule has 79 valence electrons. The van der Waals surface area contributed by atoms with Gasteiger partial charge in [0.1, 0.15) is 23.6 Å². The van der Waals surface area contributed by atoms with Crippen molar-refractivity contribution < 1.29 is 4.74 Å². The minimum absolute atomic E-state index is 0.312. The SMILES string of the molecule is N#Cc1ccc(Oc2cc[c]cc2)cc1C#N. The smallest absolute Gasteiger partial charge is 0.128 e. The van der Waals surface area contributed by atoms with E-state index in [9.17, 15) is 0 Å². The lowest BCUT2D eigenvalue weighted by Crippen LogP contribution is -1.88. The van der Waals surface area contributed by atoms with Gasteiger partial charge in [-0.25, -0.2) is 0 Å². The largest absolute Gasteiger partial charge is 0.457 e. The van der Waals surface area contributed by atoms with Crippen molar-refractivity contribution in [1.82, 2.24) is 0 Å². The topological polar surface area (TPSA) is 56.8 Å². The highest BCUT2D eigenvalue weighted by Gasteiger charge is 2.04. The van der Waals surface area contributed by atoms with Gasteiger partial charge in [-0.2, -0.15) is 10.5 Å². The third kappa shape index (κ3) is 2.42. The lowest BCUT2D eigenvalue weighted by Gasteiger charge is -2.05. The molecule has 2 aromatic rings. The molecule has 0 spiro atoms. The Morgan fingerprint density at radius 3 is 2.24 bits per heavy atom. The van der Waals surface area contributed by atoms with Crippen LogP contribution in [0, 0.1) is 28.7 Å². The molecule has 0 fully saturated rings. The van der Waals surface area contributed by atoms with E-state index in [4.69, 9.17) is 15.3 Å². The van der Waals surface area contributed by atoms with Gasteiger partial charge in [-0.3, -0.25) is 0 Å². The molecule has 0 amide bonds. The van der Waals surface area contributed by atoms with Crippen molar-refractivity contribution in [2.75, 3.05) is 0 Å². The molecule has 1 radical (unpaired) electrons. The number of benzene rings is 2. The number of rotatable bonds is 2. The van der Waals surface area contributed by atoms with Gasteiger partial charge < -0.3 is 4.74 Å². The zero-order chi connectivity index (χ0) is 12.1. The van der Waals surface area contributed by atoms with Crippen LogP contribution in [-0.2, 0) is 0 Å². The first-order valence-electron chi connectivity index (χ1n) is 4.91. The van der Waals surface area contributed by atoms with Crippen molar-refractivity contribution in [3.63, 3.8) is 0 Å². The lowest BCUT2D eigenvalue weighted by atomic mass is 10.1. The molecule has 0 saturated carbocycles. The Hall–Kier alpha value is -2.78. The van der Waals surface area contributed by atoms with Crippen LogP contribution in [0.4, 0.5) is 0 Å². The quantitative estimate of drug-likeness (QED) is 0.780. The second-order valence-corrected chi connectivity index (χ2v) is 3.27. The Bertz CT molecular complexity index is 606. The molecule has 0 unspecified atom stereocenters. The van der Waals surface area contributed by atoms with Gasteiger partial charge in [0.2, 0.25) is 0 Å². The molecule has 0 saturated heterocycles. The van der Waals surface area contributed by atoms with Crippen molar-refractivity contribution in [3.05, 3.63) is 59.7 Å². The highest BCUT2D eigenvalue weighted by molar-refractivity contribution is 5.49. The van der Waals surface area contributed by atoms with Crippen LogP contribution >= 0.6 is 0 Å². The van der Waals surface area contributed by atoms with Crippen molar-refractivity contribution in [2.24, 2.45) is 0 Å². The minimum Gasteiger partial charge on any atom is -0.457 e. The predicted molar refractivity (Wildman–Crippen MR) is 61.2 cm³/mol. The third-order valence-electron chi connectivity index (χ3n) is 2.16. The molecule has 3 nitrogen and oxygen atoms in total. The highest BCUT2D eigenvalue weighted by atomic mass is 16.5. The average molecular weight is 219 g/mol. The van der Waals surface area contributed by atoms with E-state index >= 15 is 0 Å². The Kier molecular flexibility index (Phi) is 3.05. The second kappa shape index (κ2) is 4.83. The van der Waals surface area contributed by atoms with E-state index in [-0.39, 0.29) is 0 Å². The molecule has 3 heteroatoms. The van der Waals surface area contributed by atoms with Crippen LogP contribution in [0.3, 0.4) is 0 Å². The molecule has 0 heterocycles. The summed E-state index contributed by atoms with van der Waals surface area (Å²) in [4.78, 5) is 0. The maximum Gasteiger partial charge on any atom is 0.128 e. The molecule has 0 bridgehead atoms. The van der Waals surface area contributed by atoms with E-state index in [0.717, 1.165) is 0 Å². The van der Waals surface area contributed by atoms with Crippen molar-refractivity contribution in [3.8, 4) is 23.6 Å². The van der Waals surface area contributed by atoms with Crippen LogP contribution in [0.1, 0.15) is 11.1 Å². The molecule has 2 aromatic carbocycles. The molecular formula is C14H7N2O. The Morgan fingerprint density at radius 2 is 1.59 bits per heavy atom. The summed E-state index contributed by atoms with van der Waals surface area (Å²) >= 11 is 0. The number of nitrogens with zero attached hydrogens (tertiary/aromatic N) is 2. The first-order chi connectivity index (χ1) is 8.33. The molecule has 0 atom stereocenters. The zero-order valence-electron chi connectivity index (χ0n) is 8.84. The predicted octanol–water partition coefficient (Wildman–Crippen LogP) is 3.02. The van der Waals surface area contributed by atoms with Gasteiger partial charge in [-0.05, 0) is 36.4 Å². The summed E-state index contributed by atoms with van der Waals surface area (Å²) in [6, 6.07) is 18.6. The molecule has 0 aromatic heterocycles. The van der Waals surface area contributed by atoms with Gasteiger partial charge >= 0.3 is 0 Å². The number of hydrogen-bond donors (Lipinski definition) is 0. The molecule has 0 aliphatic rings. The summed E-state index contributed by atoms with van der Waals surface area (Å²) < 4.78 is 5.54. The summed E-state index contributed by atoms with van der Waals surface area (Å²) in [5.41, 5.74) is 0.661. The normalized spacial score (nSPS) is 9.06. The van der Waals surface area contributed by atoms with Crippen LogP contribution in [0.15, 0.2) is 42.5 Å². The van der Waals surface area contributed by atoms with Crippen LogP contribution in [0.5, 0.6) is 11.5 Å². The Morgan fingerprint density at radius 1 is 0.882 bits per heavy atom. The van der Waals surface area contributed by atoms with Gasteiger partial charge in [0.05, 0.1) is 11.1 Å². The Balaban J connectivity index is 2.30. The average Bonchev–Trinajstić information content (AvgIpc) is 2.40. The molecule has 0 aliphatic heterocycles. The maximum atomic E-state index is 8.88. The fourth-order valence-electron chi connectivity index (χ4n) is 1.35. The van der Waals surface area contributed by atoms with Crippen molar-refractivity contribution in [1.29, 1.82) is 10.5 Å². The van der Waals surface area contributed by atoms with Crippen LogP contribution in [0.2, 0.25) is 0 Å². The summed E-state index contributed by atoms with van der Waals surface area (Å²) in [7, 11) is 0. The fraction of sp³-hybridized carbons (Fsp3) is 0. The van der Waals surface area contributed by atoms with Gasteiger partial charge in [-0.15, -0.1) is 0 Å². The van der Waals surface area contributed by atoms with E-state index < -0.39 is 0 Å². The van der Waals surface area contributed by atoms with Crippen molar-refractivity contribution >= 4 is 0 Å². The van der Waals surface area contributed by atoms with Crippen LogP contribution in [0.25, 0.3) is 0 Å². The molecule has 17 heavy (non-hydrogen) atoms. The summed E-state index contributed by atoms with van der Waals surface area (Å²) in [6.07, 6.45) is 0. The van der Waals surface area contributed by atoms with E-state index in [0.29, 0.717) is 22.6 Å². The van der Waals surface area contributed by atoms with Crippen molar-refractivity contribution in [2.45, 2.75) is 0 Å². The highest BCUT2D eigenvalue weighted by Crippen LogP contribution is 2.23. The van der Waals surface area contributed by atoms with E-state index in [1.807, 2.05) is 12.1 Å². The number of hydrogen-bond acceptors (Lipinski definition) is 3. The summed E-state index contributed by atoms with van der Waals surface area (Å²) in [5.74, 6) is 1.20. The Labute approximate surface area is 99.1 Å². The molecular weight excluding hydrogens is 212 g/mol. The lowest BCUT2D eigenvalue weighted by molar-refractivity contribution is 0.482. The van der Waals surface area contributed by atoms with Crippen LogP contribution in [-0.4, -0.2) is 0 Å². The summed E-state index contributed by atoms with van der Waals surface area (Å²) in [6.45, 7) is 0. The van der Waals surface area contributed by atoms with Gasteiger partial charge in [0, 0.05) is 0 Å². The minimum atomic E-state index is 0.312. The van der Waals surface area contributed by atoms with Gasteiger partial charge in [0.15, 0.2) is 0 Å². The van der Waals surface area contributed by atoms with E-state index in [1.165, 1.54) is 0 Å². The monoisotopic (exact) mass is 219 g/mol. The molecule has 2 rings (SSSR count). The van der Waals surface area contributed by atoms with Gasteiger partial charge in [-0.1, -0.05) is 12.1 Å². The fourth-order valence-corrected chi connectivity index (χ4v) is 1.35. The summed E-state index contributed by atoms with van der Waals surface area (Å²) in [5, 5.41) is 17.7. The standard InChI is InChI=1S/C14H7N2O/c15-9-11-6-7-14(8-12(11)10-16)17-13-4-2-1-3-5-13/h2-8H. The number of ether oxygens (including phenoxy) is 1. The maximum absolute atomic E-state index is 8.88. The van der Waals surface area contributed by atoms with E-state index in [2.05, 4.69) is 6.07 Å². The first kappa shape index (κ1) is 10.7. The number of nitriles is 2. The molecule has 0 aliphatic carbocycles. The first-order valence-corrected chi connectivity index (χ1v) is 4.91. The zero-order valence-corrected chi connectivity index (χ0v) is 8.84. The van der Waals surface area contributed by atoms with Crippen LogP contribution < -0.4 is 4.74 Å². The van der Waals surface area contributed by atoms with Gasteiger partial charge in [0.25, 0.3) is 0 Å². The van der Waals surface area contributed by atoms with E-state index in [1.54, 1.807) is 42.5 Å². The second-order valence-electron chi connectivity index (χ2n) is 3.27. The molecule has 0 N–H and O–H groups in total.